The molecule has 8 heteroatoms. The molecular weight excluding hydrogens is 324 g/mol. The van der Waals surface area contributed by atoms with E-state index >= 15 is 0 Å². The molecule has 0 saturated heterocycles. The molecule has 113 valence electrons. The van der Waals surface area contributed by atoms with Gasteiger partial charge in [-0.25, -0.2) is 14.6 Å². The van der Waals surface area contributed by atoms with E-state index in [1.165, 1.54) is 0 Å². The van der Waals surface area contributed by atoms with Gasteiger partial charge in [-0.3, -0.25) is 0 Å². The minimum Gasteiger partial charge on any atom is -0.359 e. The number of ether oxygens (including phenoxy) is 1. The molecule has 0 fully saturated rings. The third-order valence-corrected chi connectivity index (χ3v) is 4.86. The number of hydrogen-bond donors (Lipinski definition) is 0. The Morgan fingerprint density at radius 2 is 2.19 bits per heavy atom. The van der Waals surface area contributed by atoms with Gasteiger partial charge in [0.2, 0.25) is 0 Å². The van der Waals surface area contributed by atoms with Crippen LogP contribution in [0.1, 0.15) is 0 Å². The number of thioether (sulfide) groups is 1. The number of nitrogens with zero attached hydrogens (tertiary/aromatic N) is 4. The topological polar surface area (TPSA) is 52.8 Å². The van der Waals surface area contributed by atoms with Crippen molar-refractivity contribution < 1.29 is 4.74 Å². The zero-order chi connectivity index (χ0) is 15.2. The van der Waals surface area contributed by atoms with Crippen LogP contribution < -0.4 is 0 Å². The predicted octanol–water partition coefficient (Wildman–Crippen LogP) is 3.44. The summed E-state index contributed by atoms with van der Waals surface area (Å²) in [6.07, 6.45) is 3.65. The van der Waals surface area contributed by atoms with E-state index in [0.717, 1.165) is 23.4 Å². The summed E-state index contributed by atoms with van der Waals surface area (Å²) in [5.74, 6) is 0.642. The fourth-order valence-electron chi connectivity index (χ4n) is 1.62. The Hall–Kier alpha value is -0.893. The SMILES string of the molecule is CSc1nc(-c2ccc(Cl)nc2)nn1COCC[Si](C)C. The molecule has 0 atom stereocenters. The van der Waals surface area contributed by atoms with Crippen LogP contribution in [0.3, 0.4) is 0 Å². The van der Waals surface area contributed by atoms with E-state index in [9.17, 15) is 0 Å². The average molecular weight is 342 g/mol. The van der Waals surface area contributed by atoms with Gasteiger partial charge in [0.05, 0.1) is 0 Å². The molecule has 0 saturated carbocycles. The third kappa shape index (κ3) is 4.81. The maximum absolute atomic E-state index is 5.79. The second-order valence-corrected chi connectivity index (χ2v) is 8.86. The molecule has 0 bridgehead atoms. The minimum atomic E-state index is -0.242. The number of rotatable bonds is 7. The lowest BCUT2D eigenvalue weighted by atomic mass is 10.3. The summed E-state index contributed by atoms with van der Waals surface area (Å²) in [7, 11) is -0.242. The molecule has 1 radical (unpaired) electrons. The normalized spacial score (nSPS) is 11.3. The van der Waals surface area contributed by atoms with Crippen LogP contribution in [0.25, 0.3) is 11.4 Å². The Bertz CT molecular complexity index is 576. The van der Waals surface area contributed by atoms with Crippen LogP contribution in [0, 0.1) is 0 Å². The van der Waals surface area contributed by atoms with Gasteiger partial charge in [-0.05, 0) is 24.4 Å². The fraction of sp³-hybridized carbons (Fsp3) is 0.462. The molecule has 0 aliphatic heterocycles. The molecule has 0 N–H and O–H groups in total. The molecule has 21 heavy (non-hydrogen) atoms. The molecular formula is C13H18ClN4OSSi. The van der Waals surface area contributed by atoms with Crippen LogP contribution in [0.4, 0.5) is 0 Å². The van der Waals surface area contributed by atoms with E-state index in [4.69, 9.17) is 16.3 Å². The van der Waals surface area contributed by atoms with E-state index in [2.05, 4.69) is 28.2 Å². The van der Waals surface area contributed by atoms with Gasteiger partial charge in [-0.1, -0.05) is 36.5 Å². The summed E-state index contributed by atoms with van der Waals surface area (Å²) < 4.78 is 7.46. The molecule has 0 aromatic carbocycles. The molecule has 0 aliphatic carbocycles. The molecule has 2 aromatic rings. The molecule has 2 heterocycles. The van der Waals surface area contributed by atoms with Gasteiger partial charge in [0.15, 0.2) is 11.0 Å². The van der Waals surface area contributed by atoms with Crippen LogP contribution in [0.5, 0.6) is 0 Å². The Kier molecular flexibility index (Phi) is 6.22. The van der Waals surface area contributed by atoms with E-state index in [0.29, 0.717) is 17.7 Å². The van der Waals surface area contributed by atoms with Crippen LogP contribution in [-0.4, -0.2) is 41.4 Å². The van der Waals surface area contributed by atoms with Crippen LogP contribution in [0.2, 0.25) is 24.3 Å². The summed E-state index contributed by atoms with van der Waals surface area (Å²) in [5.41, 5.74) is 0.848. The second-order valence-electron chi connectivity index (χ2n) is 4.79. The molecule has 2 aromatic heterocycles. The first kappa shape index (κ1) is 16.5. The summed E-state index contributed by atoms with van der Waals surface area (Å²) >= 11 is 7.34. The highest BCUT2D eigenvalue weighted by molar-refractivity contribution is 7.98. The van der Waals surface area contributed by atoms with Crippen molar-refractivity contribution in [1.82, 2.24) is 19.7 Å². The molecule has 2 rings (SSSR count). The summed E-state index contributed by atoms with van der Waals surface area (Å²) in [6, 6.07) is 4.74. The van der Waals surface area contributed by atoms with Crippen molar-refractivity contribution in [2.45, 2.75) is 31.0 Å². The quantitative estimate of drug-likeness (QED) is 0.334. The molecule has 5 nitrogen and oxygen atoms in total. The molecule has 0 aliphatic rings. The summed E-state index contributed by atoms with van der Waals surface area (Å²) in [5, 5.41) is 5.78. The van der Waals surface area contributed by atoms with Crippen molar-refractivity contribution in [2.24, 2.45) is 0 Å². The number of aromatic nitrogens is 4. The highest BCUT2D eigenvalue weighted by Crippen LogP contribution is 2.20. The van der Waals surface area contributed by atoms with Gasteiger partial charge in [-0.2, -0.15) is 0 Å². The minimum absolute atomic E-state index is 0.242. The van der Waals surface area contributed by atoms with Gasteiger partial charge in [-0.15, -0.1) is 5.10 Å². The third-order valence-electron chi connectivity index (χ3n) is 2.77. The molecule has 0 unspecified atom stereocenters. The lowest BCUT2D eigenvalue weighted by Gasteiger charge is -2.06. The molecule has 0 amide bonds. The number of hydrogen-bond acceptors (Lipinski definition) is 5. The zero-order valence-electron chi connectivity index (χ0n) is 12.3. The van der Waals surface area contributed by atoms with E-state index in [1.807, 2.05) is 12.3 Å². The van der Waals surface area contributed by atoms with Gasteiger partial charge < -0.3 is 4.74 Å². The fourth-order valence-corrected chi connectivity index (χ4v) is 2.77. The van der Waals surface area contributed by atoms with Crippen molar-refractivity contribution >= 4 is 32.2 Å². The Balaban J connectivity index is 2.06. The predicted molar refractivity (Wildman–Crippen MR) is 88.3 cm³/mol. The highest BCUT2D eigenvalue weighted by atomic mass is 35.5. The lowest BCUT2D eigenvalue weighted by Crippen LogP contribution is -2.10. The first-order valence-corrected chi connectivity index (χ1v) is 10.9. The number of halogens is 1. The summed E-state index contributed by atoms with van der Waals surface area (Å²) in [6.45, 7) is 5.76. The maximum Gasteiger partial charge on any atom is 0.188 e. The van der Waals surface area contributed by atoms with Crippen molar-refractivity contribution in [3.8, 4) is 11.4 Å². The van der Waals surface area contributed by atoms with E-state index in [-0.39, 0.29) is 8.80 Å². The summed E-state index contributed by atoms with van der Waals surface area (Å²) in [4.78, 5) is 8.56. The van der Waals surface area contributed by atoms with Crippen LogP contribution in [0.15, 0.2) is 23.5 Å². The van der Waals surface area contributed by atoms with Crippen LogP contribution in [-0.2, 0) is 11.5 Å². The Morgan fingerprint density at radius 1 is 1.38 bits per heavy atom. The van der Waals surface area contributed by atoms with Gasteiger partial charge >= 0.3 is 0 Å². The average Bonchev–Trinajstić information content (AvgIpc) is 2.87. The maximum atomic E-state index is 5.79. The smallest absolute Gasteiger partial charge is 0.188 e. The second kappa shape index (κ2) is 7.93. The van der Waals surface area contributed by atoms with Crippen molar-refractivity contribution in [3.63, 3.8) is 0 Å². The van der Waals surface area contributed by atoms with Crippen LogP contribution >= 0.6 is 23.4 Å². The zero-order valence-corrected chi connectivity index (χ0v) is 14.9. The monoisotopic (exact) mass is 341 g/mol. The van der Waals surface area contributed by atoms with Gasteiger partial charge in [0.1, 0.15) is 11.9 Å². The highest BCUT2D eigenvalue weighted by Gasteiger charge is 2.11. The van der Waals surface area contributed by atoms with Crippen molar-refractivity contribution in [1.29, 1.82) is 0 Å². The lowest BCUT2D eigenvalue weighted by molar-refractivity contribution is 0.0724. The van der Waals surface area contributed by atoms with Gasteiger partial charge in [0.25, 0.3) is 0 Å². The standard InChI is InChI=1S/C13H18ClN4OSSi/c1-20-13-16-12(10-4-5-11(14)15-8-10)17-18(13)9-19-6-7-21(2)3/h4-5,8H,6-7,9H2,1-3H3. The largest absolute Gasteiger partial charge is 0.359 e. The van der Waals surface area contributed by atoms with E-state index < -0.39 is 0 Å². The van der Waals surface area contributed by atoms with Crippen molar-refractivity contribution in [3.05, 3.63) is 23.5 Å². The Morgan fingerprint density at radius 3 is 2.81 bits per heavy atom. The van der Waals surface area contributed by atoms with Crippen molar-refractivity contribution in [2.75, 3.05) is 12.9 Å². The first-order chi connectivity index (χ1) is 10.1. The Labute approximate surface area is 135 Å². The van der Waals surface area contributed by atoms with E-state index in [1.54, 1.807) is 28.7 Å². The first-order valence-electron chi connectivity index (χ1n) is 6.57. The van der Waals surface area contributed by atoms with Gasteiger partial charge in [0, 0.05) is 27.2 Å². The number of pyridine rings is 1. The molecule has 0 spiro atoms.